The van der Waals surface area contributed by atoms with Gasteiger partial charge in [-0.25, -0.2) is 4.79 Å². The van der Waals surface area contributed by atoms with Gasteiger partial charge >= 0.3 is 12.0 Å². The molecule has 1 saturated carbocycles. The number of carboxylic acids is 1. The number of nitrogens with zero attached hydrogens (tertiary/aromatic N) is 1. The zero-order chi connectivity index (χ0) is 14.6. The molecule has 2 N–H and O–H groups in total. The van der Waals surface area contributed by atoms with Crippen LogP contribution in [0.2, 0.25) is 0 Å². The quantitative estimate of drug-likeness (QED) is 0.868. The summed E-state index contributed by atoms with van der Waals surface area (Å²) in [5.74, 6) is -0.868. The summed E-state index contributed by atoms with van der Waals surface area (Å²) < 4.78 is 0. The van der Waals surface area contributed by atoms with Gasteiger partial charge in [-0.3, -0.25) is 9.69 Å². The summed E-state index contributed by atoms with van der Waals surface area (Å²) in [5.41, 5.74) is 0.253. The molecule has 0 atom stereocenters. The van der Waals surface area contributed by atoms with Crippen molar-refractivity contribution in [1.82, 2.24) is 5.32 Å². The van der Waals surface area contributed by atoms with E-state index in [1.54, 1.807) is 4.90 Å². The topological polar surface area (TPSA) is 69.6 Å². The number of urea groups is 1. The minimum atomic E-state index is -0.868. The molecule has 0 spiro atoms. The number of hydrogen-bond acceptors (Lipinski definition) is 2. The number of carbonyl (C=O) groups excluding carboxylic acids is 1. The normalized spacial score (nSPS) is 16.1. The van der Waals surface area contributed by atoms with Crippen molar-refractivity contribution in [3.8, 4) is 0 Å². The summed E-state index contributed by atoms with van der Waals surface area (Å²) in [6.45, 7) is 2.44. The molecular formula is C15H20N2O3. The molecule has 1 aromatic rings. The van der Waals surface area contributed by atoms with E-state index in [4.69, 9.17) is 5.11 Å². The van der Waals surface area contributed by atoms with Gasteiger partial charge in [0.15, 0.2) is 0 Å². The number of benzene rings is 1. The fourth-order valence-corrected chi connectivity index (χ4v) is 2.58. The summed E-state index contributed by atoms with van der Waals surface area (Å²) in [5, 5.41) is 11.9. The molecule has 0 aliphatic heterocycles. The predicted molar refractivity (Wildman–Crippen MR) is 76.8 cm³/mol. The molecule has 0 saturated heterocycles. The van der Waals surface area contributed by atoms with Crippen LogP contribution >= 0.6 is 0 Å². The predicted octanol–water partition coefficient (Wildman–Crippen LogP) is 2.62. The van der Waals surface area contributed by atoms with E-state index in [0.717, 1.165) is 24.9 Å². The van der Waals surface area contributed by atoms with Crippen molar-refractivity contribution in [1.29, 1.82) is 0 Å². The fourth-order valence-electron chi connectivity index (χ4n) is 2.58. The fraction of sp³-hybridized carbons (Fsp3) is 0.467. The van der Waals surface area contributed by atoms with Gasteiger partial charge < -0.3 is 10.4 Å². The summed E-state index contributed by atoms with van der Waals surface area (Å²) in [6, 6.07) is 9.16. The summed E-state index contributed by atoms with van der Waals surface area (Å²) in [7, 11) is 0. The van der Waals surface area contributed by atoms with Gasteiger partial charge in [-0.05, 0) is 38.3 Å². The number of aliphatic carboxylic acids is 1. The molecule has 5 heteroatoms. The molecule has 20 heavy (non-hydrogen) atoms. The molecule has 108 valence electrons. The van der Waals surface area contributed by atoms with Gasteiger partial charge in [-0.2, -0.15) is 0 Å². The Hall–Kier alpha value is -2.04. The lowest BCUT2D eigenvalue weighted by Gasteiger charge is -2.42. The molecular weight excluding hydrogens is 256 g/mol. The molecule has 0 heterocycles. The van der Waals surface area contributed by atoms with E-state index in [1.807, 2.05) is 37.3 Å². The average Bonchev–Trinajstić information content (AvgIpc) is 2.37. The SMILES string of the molecule is CCN(C(=O)NC1(CC(=O)O)CCC1)c1ccccc1. The van der Waals surface area contributed by atoms with E-state index in [0.29, 0.717) is 6.54 Å². The van der Waals surface area contributed by atoms with E-state index >= 15 is 0 Å². The molecule has 0 aromatic heterocycles. The number of nitrogens with one attached hydrogen (secondary N) is 1. The van der Waals surface area contributed by atoms with Crippen LogP contribution in [-0.2, 0) is 4.79 Å². The minimum Gasteiger partial charge on any atom is -0.481 e. The number of rotatable bonds is 5. The van der Waals surface area contributed by atoms with E-state index < -0.39 is 11.5 Å². The largest absolute Gasteiger partial charge is 0.481 e. The van der Waals surface area contributed by atoms with Crippen molar-refractivity contribution in [2.45, 2.75) is 38.1 Å². The zero-order valence-corrected chi connectivity index (χ0v) is 11.6. The number of para-hydroxylation sites is 1. The molecule has 1 aliphatic carbocycles. The molecule has 1 fully saturated rings. The van der Waals surface area contributed by atoms with Crippen LogP contribution in [-0.4, -0.2) is 29.2 Å². The van der Waals surface area contributed by atoms with Crippen molar-refractivity contribution in [3.63, 3.8) is 0 Å². The van der Waals surface area contributed by atoms with E-state index in [2.05, 4.69) is 5.32 Å². The van der Waals surface area contributed by atoms with Crippen molar-refractivity contribution in [3.05, 3.63) is 30.3 Å². The summed E-state index contributed by atoms with van der Waals surface area (Å²) >= 11 is 0. The second-order valence-corrected chi connectivity index (χ2v) is 5.21. The lowest BCUT2D eigenvalue weighted by atomic mass is 9.74. The Labute approximate surface area is 118 Å². The highest BCUT2D eigenvalue weighted by molar-refractivity contribution is 5.92. The van der Waals surface area contributed by atoms with Crippen LogP contribution in [0.1, 0.15) is 32.6 Å². The van der Waals surface area contributed by atoms with Crippen LogP contribution in [0.25, 0.3) is 0 Å². The molecule has 0 bridgehead atoms. The second-order valence-electron chi connectivity index (χ2n) is 5.21. The Morgan fingerprint density at radius 3 is 2.40 bits per heavy atom. The number of carboxylic acid groups (broad SMARTS) is 1. The number of anilines is 1. The van der Waals surface area contributed by atoms with Gasteiger partial charge in [0.25, 0.3) is 0 Å². The second kappa shape index (κ2) is 5.94. The molecule has 2 rings (SSSR count). The molecule has 1 aromatic carbocycles. The highest BCUT2D eigenvalue weighted by atomic mass is 16.4. The van der Waals surface area contributed by atoms with Crippen LogP contribution < -0.4 is 10.2 Å². The maximum atomic E-state index is 12.4. The Balaban J connectivity index is 2.08. The Morgan fingerprint density at radius 1 is 1.30 bits per heavy atom. The van der Waals surface area contributed by atoms with Crippen molar-refractivity contribution >= 4 is 17.7 Å². The van der Waals surface area contributed by atoms with Crippen molar-refractivity contribution in [2.75, 3.05) is 11.4 Å². The van der Waals surface area contributed by atoms with Crippen LogP contribution in [0.15, 0.2) is 30.3 Å². The van der Waals surface area contributed by atoms with Crippen LogP contribution in [0.3, 0.4) is 0 Å². The molecule has 1 aliphatic rings. The maximum Gasteiger partial charge on any atom is 0.322 e. The molecule has 2 amide bonds. The van der Waals surface area contributed by atoms with E-state index in [1.165, 1.54) is 0 Å². The van der Waals surface area contributed by atoms with Crippen LogP contribution in [0.4, 0.5) is 10.5 Å². The third-order valence-electron chi connectivity index (χ3n) is 3.80. The summed E-state index contributed by atoms with van der Waals surface area (Å²) in [6.07, 6.45) is 2.42. The lowest BCUT2D eigenvalue weighted by Crippen LogP contribution is -2.58. The first-order valence-electron chi connectivity index (χ1n) is 6.93. The standard InChI is InChI=1S/C15H20N2O3/c1-2-17(12-7-4-3-5-8-12)14(20)16-15(9-6-10-15)11-13(18)19/h3-5,7-8H,2,6,9-11H2,1H3,(H,16,20)(H,18,19). The third kappa shape index (κ3) is 3.10. The lowest BCUT2D eigenvalue weighted by molar-refractivity contribution is -0.139. The highest BCUT2D eigenvalue weighted by Gasteiger charge is 2.41. The van der Waals surface area contributed by atoms with E-state index in [9.17, 15) is 9.59 Å². The van der Waals surface area contributed by atoms with E-state index in [-0.39, 0.29) is 12.5 Å². The minimum absolute atomic E-state index is 0.00885. The third-order valence-corrected chi connectivity index (χ3v) is 3.80. The Bertz CT molecular complexity index is 483. The first-order valence-corrected chi connectivity index (χ1v) is 6.93. The van der Waals surface area contributed by atoms with Crippen LogP contribution in [0.5, 0.6) is 0 Å². The monoisotopic (exact) mass is 276 g/mol. The average molecular weight is 276 g/mol. The first kappa shape index (κ1) is 14.4. The molecule has 5 nitrogen and oxygen atoms in total. The van der Waals surface area contributed by atoms with Crippen molar-refractivity contribution < 1.29 is 14.7 Å². The zero-order valence-electron chi connectivity index (χ0n) is 11.6. The maximum absolute atomic E-state index is 12.4. The van der Waals surface area contributed by atoms with Gasteiger partial charge in [0, 0.05) is 12.2 Å². The highest BCUT2D eigenvalue weighted by Crippen LogP contribution is 2.35. The van der Waals surface area contributed by atoms with Gasteiger partial charge in [-0.15, -0.1) is 0 Å². The Kier molecular flexibility index (Phi) is 4.27. The van der Waals surface area contributed by atoms with Gasteiger partial charge in [-0.1, -0.05) is 18.2 Å². The van der Waals surface area contributed by atoms with Gasteiger partial charge in [0.1, 0.15) is 0 Å². The Morgan fingerprint density at radius 2 is 1.95 bits per heavy atom. The molecule has 0 unspecified atom stereocenters. The van der Waals surface area contributed by atoms with Crippen molar-refractivity contribution in [2.24, 2.45) is 0 Å². The number of carbonyl (C=O) groups is 2. The first-order chi connectivity index (χ1) is 9.56. The van der Waals surface area contributed by atoms with Gasteiger partial charge in [0.05, 0.1) is 12.0 Å². The van der Waals surface area contributed by atoms with Crippen LogP contribution in [0, 0.1) is 0 Å². The smallest absolute Gasteiger partial charge is 0.322 e. The number of amides is 2. The summed E-state index contributed by atoms with van der Waals surface area (Å²) in [4.78, 5) is 24.9. The van der Waals surface area contributed by atoms with Gasteiger partial charge in [0.2, 0.25) is 0 Å². The molecule has 0 radical (unpaired) electrons. The number of hydrogen-bond donors (Lipinski definition) is 2.